The Morgan fingerprint density at radius 2 is 2.00 bits per heavy atom. The van der Waals surface area contributed by atoms with E-state index in [-0.39, 0.29) is 0 Å². The zero-order valence-electron chi connectivity index (χ0n) is 11.0. The Morgan fingerprint density at radius 3 is 2.53 bits per heavy atom. The zero-order chi connectivity index (χ0) is 11.7. The van der Waals surface area contributed by atoms with Crippen molar-refractivity contribution in [3.63, 3.8) is 0 Å². The molecule has 0 bridgehead atoms. The first kappa shape index (κ1) is 11.4. The summed E-state index contributed by atoms with van der Waals surface area (Å²) in [4.78, 5) is 7.36. The Bertz CT molecular complexity index is 297. The highest BCUT2D eigenvalue weighted by molar-refractivity contribution is 5.80. The van der Waals surface area contributed by atoms with Gasteiger partial charge in [0, 0.05) is 26.2 Å². The molecule has 0 aromatic carbocycles. The van der Waals surface area contributed by atoms with Crippen molar-refractivity contribution >= 4 is 5.96 Å². The van der Waals surface area contributed by atoms with Crippen LogP contribution in [-0.2, 0) is 0 Å². The van der Waals surface area contributed by atoms with Crippen molar-refractivity contribution in [2.24, 2.45) is 16.3 Å². The van der Waals surface area contributed by atoms with Crippen LogP contribution in [0.2, 0.25) is 0 Å². The molecule has 2 aliphatic carbocycles. The first-order valence-corrected chi connectivity index (χ1v) is 7.37. The molecule has 1 heterocycles. The summed E-state index contributed by atoms with van der Waals surface area (Å²) >= 11 is 0. The van der Waals surface area contributed by atoms with E-state index < -0.39 is 0 Å². The highest BCUT2D eigenvalue weighted by Gasteiger charge is 2.53. The van der Waals surface area contributed by atoms with Crippen molar-refractivity contribution in [3.8, 4) is 0 Å². The number of hydrogen-bond acceptors (Lipinski definition) is 1. The normalized spacial score (nSPS) is 27.4. The van der Waals surface area contributed by atoms with E-state index in [9.17, 15) is 0 Å². The van der Waals surface area contributed by atoms with Crippen LogP contribution in [0.25, 0.3) is 0 Å². The van der Waals surface area contributed by atoms with Crippen LogP contribution in [0, 0.1) is 11.3 Å². The van der Waals surface area contributed by atoms with Gasteiger partial charge in [0.1, 0.15) is 0 Å². The van der Waals surface area contributed by atoms with Gasteiger partial charge in [0.25, 0.3) is 0 Å². The van der Waals surface area contributed by atoms with Gasteiger partial charge in [-0.15, -0.1) is 0 Å². The summed E-state index contributed by atoms with van der Waals surface area (Å²) in [6, 6.07) is 0. The van der Waals surface area contributed by atoms with Crippen molar-refractivity contribution in [1.29, 1.82) is 0 Å². The number of nitrogens with one attached hydrogen (secondary N) is 1. The van der Waals surface area contributed by atoms with E-state index in [1.165, 1.54) is 57.6 Å². The fraction of sp³-hybridized carbons (Fsp3) is 0.929. The van der Waals surface area contributed by atoms with Gasteiger partial charge in [-0.3, -0.25) is 4.99 Å². The van der Waals surface area contributed by atoms with Crippen molar-refractivity contribution in [2.75, 3.05) is 26.2 Å². The first-order valence-electron chi connectivity index (χ1n) is 7.37. The maximum Gasteiger partial charge on any atom is 0.193 e. The van der Waals surface area contributed by atoms with Gasteiger partial charge in [0.05, 0.1) is 0 Å². The van der Waals surface area contributed by atoms with Crippen LogP contribution >= 0.6 is 0 Å². The Hall–Kier alpha value is -0.730. The Labute approximate surface area is 105 Å². The highest BCUT2D eigenvalue weighted by atomic mass is 15.3. The molecule has 0 amide bonds. The molecule has 0 unspecified atom stereocenters. The summed E-state index contributed by atoms with van der Waals surface area (Å²) in [5, 5.41) is 3.46. The Kier molecular flexibility index (Phi) is 3.01. The highest BCUT2D eigenvalue weighted by Crippen LogP contribution is 2.61. The van der Waals surface area contributed by atoms with Gasteiger partial charge >= 0.3 is 0 Å². The molecule has 17 heavy (non-hydrogen) atoms. The number of hydrogen-bond donors (Lipinski definition) is 1. The van der Waals surface area contributed by atoms with Crippen molar-refractivity contribution in [2.45, 2.75) is 45.4 Å². The van der Waals surface area contributed by atoms with Crippen molar-refractivity contribution < 1.29 is 0 Å². The van der Waals surface area contributed by atoms with E-state index in [1.54, 1.807) is 0 Å². The summed E-state index contributed by atoms with van der Waals surface area (Å²) in [7, 11) is 0. The minimum absolute atomic E-state index is 0.639. The van der Waals surface area contributed by atoms with Gasteiger partial charge in [0.2, 0.25) is 0 Å². The smallest absolute Gasteiger partial charge is 0.193 e. The number of likely N-dealkylation sites (tertiary alicyclic amines) is 1. The molecule has 0 atom stereocenters. The van der Waals surface area contributed by atoms with E-state index in [4.69, 9.17) is 4.99 Å². The van der Waals surface area contributed by atoms with Crippen LogP contribution in [0.5, 0.6) is 0 Å². The summed E-state index contributed by atoms with van der Waals surface area (Å²) < 4.78 is 0. The lowest BCUT2D eigenvalue weighted by atomic mass is 10.0. The summed E-state index contributed by atoms with van der Waals surface area (Å²) in [5.41, 5.74) is 0.639. The van der Waals surface area contributed by atoms with Crippen LogP contribution in [0.15, 0.2) is 4.99 Å². The molecule has 96 valence electrons. The average molecular weight is 235 g/mol. The quantitative estimate of drug-likeness (QED) is 0.598. The standard InChI is InChI=1S/C14H25N3/c1-2-15-13(17-9-3-4-10-17)16-11-14(7-8-14)12-5-6-12/h12H,2-11H2,1H3,(H,15,16). The van der Waals surface area contributed by atoms with Crippen molar-refractivity contribution in [1.82, 2.24) is 10.2 Å². The molecular formula is C14H25N3. The van der Waals surface area contributed by atoms with Crippen LogP contribution < -0.4 is 5.32 Å². The average Bonchev–Trinajstić information content (AvgIpc) is 3.23. The molecule has 0 spiro atoms. The molecule has 3 heteroatoms. The summed E-state index contributed by atoms with van der Waals surface area (Å²) in [5.74, 6) is 2.20. The van der Waals surface area contributed by atoms with Gasteiger partial charge in [-0.25, -0.2) is 0 Å². The van der Waals surface area contributed by atoms with Gasteiger partial charge in [-0.2, -0.15) is 0 Å². The lowest BCUT2D eigenvalue weighted by Gasteiger charge is -2.22. The minimum atomic E-state index is 0.639. The molecular weight excluding hydrogens is 210 g/mol. The molecule has 3 fully saturated rings. The van der Waals surface area contributed by atoms with E-state index >= 15 is 0 Å². The van der Waals surface area contributed by atoms with E-state index in [1.807, 2.05) is 0 Å². The first-order chi connectivity index (χ1) is 8.34. The second-order valence-corrected chi connectivity index (χ2v) is 6.00. The number of nitrogens with zero attached hydrogens (tertiary/aromatic N) is 2. The fourth-order valence-electron chi connectivity index (χ4n) is 3.14. The monoisotopic (exact) mass is 235 g/mol. The second-order valence-electron chi connectivity index (χ2n) is 6.00. The summed E-state index contributed by atoms with van der Waals surface area (Å²) in [6.45, 7) is 6.63. The molecule has 3 aliphatic rings. The molecule has 1 saturated heterocycles. The lowest BCUT2D eigenvalue weighted by molar-refractivity contribution is 0.440. The topological polar surface area (TPSA) is 27.6 Å². The fourth-order valence-corrected chi connectivity index (χ4v) is 3.14. The number of guanidine groups is 1. The molecule has 0 radical (unpaired) electrons. The third-order valence-corrected chi connectivity index (χ3v) is 4.62. The van der Waals surface area contributed by atoms with Crippen LogP contribution in [-0.4, -0.2) is 37.0 Å². The van der Waals surface area contributed by atoms with Gasteiger partial charge < -0.3 is 10.2 Å². The van der Waals surface area contributed by atoms with Crippen LogP contribution in [0.3, 0.4) is 0 Å². The summed E-state index contributed by atoms with van der Waals surface area (Å²) in [6.07, 6.45) is 8.46. The third-order valence-electron chi connectivity index (χ3n) is 4.62. The molecule has 3 nitrogen and oxygen atoms in total. The second kappa shape index (κ2) is 4.51. The predicted molar refractivity (Wildman–Crippen MR) is 71.2 cm³/mol. The molecule has 1 aliphatic heterocycles. The van der Waals surface area contributed by atoms with E-state index in [2.05, 4.69) is 17.1 Å². The molecule has 0 aromatic heterocycles. The van der Waals surface area contributed by atoms with E-state index in [0.717, 1.165) is 19.0 Å². The third kappa shape index (κ3) is 2.43. The predicted octanol–water partition coefficient (Wildman–Crippen LogP) is 2.24. The Morgan fingerprint density at radius 1 is 1.29 bits per heavy atom. The molecule has 1 N–H and O–H groups in total. The minimum Gasteiger partial charge on any atom is -0.357 e. The van der Waals surface area contributed by atoms with Crippen LogP contribution in [0.1, 0.15) is 45.4 Å². The molecule has 2 saturated carbocycles. The lowest BCUT2D eigenvalue weighted by Crippen LogP contribution is -2.40. The molecule has 0 aromatic rings. The van der Waals surface area contributed by atoms with E-state index in [0.29, 0.717) is 5.41 Å². The maximum atomic E-state index is 4.92. The van der Waals surface area contributed by atoms with Crippen molar-refractivity contribution in [3.05, 3.63) is 0 Å². The van der Waals surface area contributed by atoms with Gasteiger partial charge in [-0.05, 0) is 56.8 Å². The SMILES string of the molecule is CCNC(=NCC1(C2CC2)CC1)N1CCCC1. The van der Waals surface area contributed by atoms with Crippen LogP contribution in [0.4, 0.5) is 0 Å². The van der Waals surface area contributed by atoms with Gasteiger partial charge in [0.15, 0.2) is 5.96 Å². The largest absolute Gasteiger partial charge is 0.357 e. The number of rotatable bonds is 4. The van der Waals surface area contributed by atoms with Gasteiger partial charge in [-0.1, -0.05) is 0 Å². The Balaban J connectivity index is 1.61. The number of aliphatic imine (C=N–C) groups is 1. The molecule has 3 rings (SSSR count). The maximum absolute atomic E-state index is 4.92. The zero-order valence-corrected chi connectivity index (χ0v) is 11.0.